The second-order valence-corrected chi connectivity index (χ2v) is 7.89. The van der Waals surface area contributed by atoms with Crippen molar-refractivity contribution in [3.63, 3.8) is 0 Å². The number of nitrogens with one attached hydrogen (secondary N) is 1. The summed E-state index contributed by atoms with van der Waals surface area (Å²) in [4.78, 5) is 8.98. The molecule has 0 aliphatic carbocycles. The Balaban J connectivity index is 1.66. The maximum Gasteiger partial charge on any atom is 0.211 e. The average molecular weight is 413 g/mol. The Morgan fingerprint density at radius 1 is 1.03 bits per heavy atom. The summed E-state index contributed by atoms with van der Waals surface area (Å²) in [7, 11) is 0. The smallest absolute Gasteiger partial charge is 0.211 e. The first-order valence-corrected chi connectivity index (χ1v) is 10.5. The van der Waals surface area contributed by atoms with Gasteiger partial charge < -0.3 is 9.40 Å². The van der Waals surface area contributed by atoms with E-state index >= 15 is 0 Å². The molecule has 30 heavy (non-hydrogen) atoms. The third-order valence-corrected chi connectivity index (χ3v) is 6.00. The normalized spacial score (nSPS) is 12.4. The van der Waals surface area contributed by atoms with E-state index < -0.39 is 0 Å². The maximum absolute atomic E-state index is 5.64. The molecule has 0 aliphatic heterocycles. The predicted molar refractivity (Wildman–Crippen MR) is 122 cm³/mol. The SMILES string of the molecule is Cc1cccc(N=c2scc(-c3ccco3)n2N=Cc2c[nH]c3ccccc23)c1C. The minimum atomic E-state index is 0.754. The Labute approximate surface area is 177 Å². The lowest BCUT2D eigenvalue weighted by Gasteiger charge is -2.04. The molecule has 148 valence electrons. The molecule has 0 aliphatic rings. The van der Waals surface area contributed by atoms with E-state index in [2.05, 4.69) is 37.0 Å². The predicted octanol–water partition coefficient (Wildman–Crippen LogP) is 6.02. The number of thiazole rings is 1. The molecule has 0 amide bonds. The molecule has 2 aromatic carbocycles. The molecule has 5 nitrogen and oxygen atoms in total. The maximum atomic E-state index is 5.64. The number of furan rings is 1. The van der Waals surface area contributed by atoms with E-state index in [1.54, 1.807) is 6.26 Å². The van der Waals surface area contributed by atoms with Gasteiger partial charge in [0.1, 0.15) is 5.69 Å². The number of aromatic nitrogens is 2. The number of hydrogen-bond donors (Lipinski definition) is 1. The molecule has 0 fully saturated rings. The van der Waals surface area contributed by atoms with Crippen LogP contribution in [0.4, 0.5) is 5.69 Å². The lowest BCUT2D eigenvalue weighted by atomic mass is 10.1. The Hall–Kier alpha value is -3.64. The van der Waals surface area contributed by atoms with Crippen molar-refractivity contribution in [3.8, 4) is 11.5 Å². The van der Waals surface area contributed by atoms with E-state index in [9.17, 15) is 0 Å². The third-order valence-electron chi connectivity index (χ3n) is 5.18. The van der Waals surface area contributed by atoms with Crippen LogP contribution >= 0.6 is 11.3 Å². The van der Waals surface area contributed by atoms with Crippen LogP contribution in [0.5, 0.6) is 0 Å². The van der Waals surface area contributed by atoms with E-state index in [1.165, 1.54) is 16.9 Å². The minimum absolute atomic E-state index is 0.754. The van der Waals surface area contributed by atoms with Crippen molar-refractivity contribution in [2.75, 3.05) is 0 Å². The number of fused-ring (bicyclic) bond motifs is 1. The Morgan fingerprint density at radius 2 is 1.93 bits per heavy atom. The highest BCUT2D eigenvalue weighted by molar-refractivity contribution is 7.07. The number of nitrogens with zero attached hydrogens (tertiary/aromatic N) is 3. The van der Waals surface area contributed by atoms with Gasteiger partial charge in [-0.3, -0.25) is 0 Å². The van der Waals surface area contributed by atoms with E-state index in [4.69, 9.17) is 14.5 Å². The zero-order valence-electron chi connectivity index (χ0n) is 16.7. The first kappa shape index (κ1) is 18.4. The van der Waals surface area contributed by atoms with Crippen LogP contribution < -0.4 is 4.80 Å². The van der Waals surface area contributed by atoms with Gasteiger partial charge in [0, 0.05) is 28.0 Å². The number of aromatic amines is 1. The standard InChI is InChI=1S/C24H20N4OS/c1-16-7-5-10-20(17(16)2)27-24-28(22(15-30-24)23-11-6-12-29-23)26-14-18-13-25-21-9-4-3-8-19(18)21/h3-15,25H,1-2H3. The summed E-state index contributed by atoms with van der Waals surface area (Å²) in [5, 5.41) is 7.94. The number of para-hydroxylation sites is 1. The van der Waals surface area contributed by atoms with E-state index in [0.717, 1.165) is 44.0 Å². The second-order valence-electron chi connectivity index (χ2n) is 7.06. The van der Waals surface area contributed by atoms with Crippen molar-refractivity contribution in [2.24, 2.45) is 10.1 Å². The van der Waals surface area contributed by atoms with Crippen molar-refractivity contribution in [2.45, 2.75) is 13.8 Å². The highest BCUT2D eigenvalue weighted by Gasteiger charge is 2.11. The van der Waals surface area contributed by atoms with Crippen LogP contribution in [-0.2, 0) is 0 Å². The number of aryl methyl sites for hydroxylation is 1. The van der Waals surface area contributed by atoms with Crippen LogP contribution in [0.1, 0.15) is 16.7 Å². The van der Waals surface area contributed by atoms with Gasteiger partial charge in [-0.1, -0.05) is 30.3 Å². The molecule has 0 atom stereocenters. The van der Waals surface area contributed by atoms with Crippen LogP contribution in [0.25, 0.3) is 22.4 Å². The average Bonchev–Trinajstić information content (AvgIpc) is 3.50. The first-order valence-electron chi connectivity index (χ1n) is 9.66. The van der Waals surface area contributed by atoms with Gasteiger partial charge in [-0.25, -0.2) is 9.67 Å². The molecule has 0 unspecified atom stereocenters. The van der Waals surface area contributed by atoms with Crippen LogP contribution in [0.2, 0.25) is 0 Å². The third kappa shape index (κ3) is 3.31. The highest BCUT2D eigenvalue weighted by Crippen LogP contribution is 2.24. The van der Waals surface area contributed by atoms with Crippen LogP contribution in [-0.4, -0.2) is 15.9 Å². The molecule has 5 rings (SSSR count). The summed E-state index contributed by atoms with van der Waals surface area (Å²) < 4.78 is 7.48. The summed E-state index contributed by atoms with van der Waals surface area (Å²) in [6.45, 7) is 4.19. The molecule has 0 bridgehead atoms. The summed E-state index contributed by atoms with van der Waals surface area (Å²) in [6, 6.07) is 18.2. The summed E-state index contributed by atoms with van der Waals surface area (Å²) >= 11 is 1.54. The molecule has 6 heteroatoms. The van der Waals surface area contributed by atoms with Crippen molar-refractivity contribution >= 4 is 34.1 Å². The molecule has 0 saturated heterocycles. The number of H-pyrrole nitrogens is 1. The minimum Gasteiger partial charge on any atom is -0.463 e. The van der Waals surface area contributed by atoms with Crippen molar-refractivity contribution in [1.29, 1.82) is 0 Å². The first-order chi connectivity index (χ1) is 14.7. The summed E-state index contributed by atoms with van der Waals surface area (Å²) in [5.41, 5.74) is 6.29. The second kappa shape index (κ2) is 7.65. The lowest BCUT2D eigenvalue weighted by molar-refractivity contribution is 0.575. The summed E-state index contributed by atoms with van der Waals surface area (Å²) in [6.07, 6.45) is 5.50. The monoisotopic (exact) mass is 412 g/mol. The zero-order chi connectivity index (χ0) is 20.5. The fourth-order valence-electron chi connectivity index (χ4n) is 3.36. The van der Waals surface area contributed by atoms with Crippen molar-refractivity contribution in [3.05, 3.63) is 93.9 Å². The van der Waals surface area contributed by atoms with Gasteiger partial charge in [-0.15, -0.1) is 11.3 Å². The van der Waals surface area contributed by atoms with Gasteiger partial charge in [0.2, 0.25) is 4.80 Å². The molecule has 0 saturated carbocycles. The van der Waals surface area contributed by atoms with Gasteiger partial charge in [-0.2, -0.15) is 5.10 Å². The number of benzene rings is 2. The Kier molecular flexibility index (Phi) is 4.69. The lowest BCUT2D eigenvalue weighted by Crippen LogP contribution is -2.11. The van der Waals surface area contributed by atoms with E-state index in [1.807, 2.05) is 58.9 Å². The molecule has 3 aromatic heterocycles. The van der Waals surface area contributed by atoms with Crippen LogP contribution in [0.3, 0.4) is 0 Å². The highest BCUT2D eigenvalue weighted by atomic mass is 32.1. The quantitative estimate of drug-likeness (QED) is 0.360. The number of rotatable bonds is 4. The van der Waals surface area contributed by atoms with Gasteiger partial charge in [0.25, 0.3) is 0 Å². The van der Waals surface area contributed by atoms with Crippen molar-refractivity contribution < 1.29 is 4.42 Å². The van der Waals surface area contributed by atoms with E-state index in [-0.39, 0.29) is 0 Å². The molecular weight excluding hydrogens is 392 g/mol. The van der Waals surface area contributed by atoms with Crippen LogP contribution in [0.15, 0.2) is 86.9 Å². The molecule has 3 heterocycles. The molecule has 0 spiro atoms. The molecule has 1 N–H and O–H groups in total. The Bertz CT molecular complexity index is 1420. The molecule has 5 aromatic rings. The largest absolute Gasteiger partial charge is 0.463 e. The Morgan fingerprint density at radius 3 is 2.80 bits per heavy atom. The molecule has 0 radical (unpaired) electrons. The van der Waals surface area contributed by atoms with Gasteiger partial charge >= 0.3 is 0 Å². The van der Waals surface area contributed by atoms with Gasteiger partial charge in [-0.05, 0) is 49.2 Å². The fourth-order valence-corrected chi connectivity index (χ4v) is 4.19. The number of hydrogen-bond acceptors (Lipinski definition) is 4. The fraction of sp³-hybridized carbons (Fsp3) is 0.0833. The topological polar surface area (TPSA) is 58.6 Å². The van der Waals surface area contributed by atoms with E-state index in [0.29, 0.717) is 0 Å². The zero-order valence-corrected chi connectivity index (χ0v) is 17.5. The van der Waals surface area contributed by atoms with Crippen molar-refractivity contribution in [1.82, 2.24) is 9.66 Å². The molecular formula is C24H20N4OS. The van der Waals surface area contributed by atoms with Crippen LogP contribution in [0, 0.1) is 13.8 Å². The van der Waals surface area contributed by atoms with Gasteiger partial charge in [0.15, 0.2) is 5.76 Å². The summed E-state index contributed by atoms with van der Waals surface area (Å²) in [5.74, 6) is 0.754. The van der Waals surface area contributed by atoms with Gasteiger partial charge in [0.05, 0.1) is 18.2 Å².